The molecular formula is C14H23N3. The Bertz CT molecular complexity index is 348. The molecule has 3 nitrogen and oxygen atoms in total. The summed E-state index contributed by atoms with van der Waals surface area (Å²) in [5.74, 6) is 0.609. The van der Waals surface area contributed by atoms with Crippen molar-refractivity contribution in [1.29, 1.82) is 0 Å². The van der Waals surface area contributed by atoms with Gasteiger partial charge in [0.15, 0.2) is 0 Å². The highest BCUT2D eigenvalue weighted by atomic mass is 15.2. The normalized spacial score (nSPS) is 24.8. The molecule has 1 saturated heterocycles. The summed E-state index contributed by atoms with van der Waals surface area (Å²) in [6, 6.07) is 4.20. The first-order chi connectivity index (χ1) is 8.14. The summed E-state index contributed by atoms with van der Waals surface area (Å²) >= 11 is 0. The molecule has 0 saturated carbocycles. The molecule has 0 aromatic carbocycles. The Morgan fingerprint density at radius 1 is 1.41 bits per heavy atom. The summed E-state index contributed by atoms with van der Waals surface area (Å²) in [7, 11) is 0. The number of hydrogen-bond donors (Lipinski definition) is 1. The molecule has 3 heteroatoms. The molecule has 1 fully saturated rings. The van der Waals surface area contributed by atoms with E-state index in [4.69, 9.17) is 5.73 Å². The first-order valence-corrected chi connectivity index (χ1v) is 6.48. The van der Waals surface area contributed by atoms with E-state index < -0.39 is 0 Å². The van der Waals surface area contributed by atoms with Gasteiger partial charge in [0.1, 0.15) is 0 Å². The van der Waals surface area contributed by atoms with Gasteiger partial charge in [0.25, 0.3) is 0 Å². The summed E-state index contributed by atoms with van der Waals surface area (Å²) < 4.78 is 0. The van der Waals surface area contributed by atoms with Crippen LogP contribution in [-0.4, -0.2) is 28.5 Å². The minimum absolute atomic E-state index is 0.205. The van der Waals surface area contributed by atoms with Crippen LogP contribution in [0.3, 0.4) is 0 Å². The van der Waals surface area contributed by atoms with Crippen LogP contribution in [0.15, 0.2) is 24.5 Å². The van der Waals surface area contributed by atoms with Crippen LogP contribution in [0.2, 0.25) is 0 Å². The van der Waals surface area contributed by atoms with Crippen molar-refractivity contribution >= 4 is 0 Å². The third kappa shape index (κ3) is 2.67. The molecule has 2 heterocycles. The molecule has 1 unspecified atom stereocenters. The van der Waals surface area contributed by atoms with Gasteiger partial charge in [-0.05, 0) is 63.4 Å². The smallest absolute Gasteiger partial charge is 0.0271 e. The summed E-state index contributed by atoms with van der Waals surface area (Å²) in [5.41, 5.74) is 7.44. The molecule has 1 aromatic rings. The third-order valence-corrected chi connectivity index (χ3v) is 4.20. The largest absolute Gasteiger partial charge is 0.330 e. The van der Waals surface area contributed by atoms with Gasteiger partial charge >= 0.3 is 0 Å². The zero-order valence-electron chi connectivity index (χ0n) is 10.9. The molecule has 1 aliphatic rings. The van der Waals surface area contributed by atoms with E-state index in [2.05, 4.69) is 35.9 Å². The number of nitrogens with zero attached hydrogens (tertiary/aromatic N) is 2. The molecule has 94 valence electrons. The molecule has 0 bridgehead atoms. The van der Waals surface area contributed by atoms with E-state index in [0.29, 0.717) is 5.92 Å². The maximum absolute atomic E-state index is 5.90. The SMILES string of the molecule is CC1(C)C(CN)CCCN1Cc1ccncc1. The second kappa shape index (κ2) is 5.15. The summed E-state index contributed by atoms with van der Waals surface area (Å²) in [5, 5.41) is 0. The highest BCUT2D eigenvalue weighted by Gasteiger charge is 2.37. The second-order valence-corrected chi connectivity index (χ2v) is 5.51. The van der Waals surface area contributed by atoms with E-state index in [1.165, 1.54) is 24.9 Å². The lowest BCUT2D eigenvalue weighted by molar-refractivity contribution is 0.0189. The number of rotatable bonds is 3. The minimum atomic E-state index is 0.205. The first kappa shape index (κ1) is 12.5. The number of hydrogen-bond acceptors (Lipinski definition) is 3. The topological polar surface area (TPSA) is 42.1 Å². The Morgan fingerprint density at radius 2 is 2.12 bits per heavy atom. The van der Waals surface area contributed by atoms with Gasteiger partial charge in [-0.3, -0.25) is 9.88 Å². The standard InChI is InChI=1S/C14H23N3/c1-14(2)13(10-15)4-3-9-17(14)11-12-5-7-16-8-6-12/h5-8,13H,3-4,9-11,15H2,1-2H3. The van der Waals surface area contributed by atoms with Crippen molar-refractivity contribution in [2.45, 2.75) is 38.8 Å². The average Bonchev–Trinajstić information content (AvgIpc) is 2.33. The average molecular weight is 233 g/mol. The molecule has 0 spiro atoms. The Morgan fingerprint density at radius 3 is 2.76 bits per heavy atom. The van der Waals surface area contributed by atoms with Crippen molar-refractivity contribution in [3.63, 3.8) is 0 Å². The van der Waals surface area contributed by atoms with Gasteiger partial charge in [0.05, 0.1) is 0 Å². The number of likely N-dealkylation sites (tertiary alicyclic amines) is 1. The van der Waals surface area contributed by atoms with Gasteiger partial charge in [-0.15, -0.1) is 0 Å². The van der Waals surface area contributed by atoms with Crippen molar-refractivity contribution in [1.82, 2.24) is 9.88 Å². The quantitative estimate of drug-likeness (QED) is 0.868. The molecule has 2 N–H and O–H groups in total. The van der Waals surface area contributed by atoms with Gasteiger partial charge in [-0.1, -0.05) is 0 Å². The van der Waals surface area contributed by atoms with E-state index >= 15 is 0 Å². The number of pyridine rings is 1. The second-order valence-electron chi connectivity index (χ2n) is 5.51. The zero-order chi connectivity index (χ0) is 12.3. The van der Waals surface area contributed by atoms with Crippen molar-refractivity contribution in [3.05, 3.63) is 30.1 Å². The number of aromatic nitrogens is 1. The van der Waals surface area contributed by atoms with E-state index in [1.807, 2.05) is 12.4 Å². The summed E-state index contributed by atoms with van der Waals surface area (Å²) in [6.07, 6.45) is 6.26. The monoisotopic (exact) mass is 233 g/mol. The van der Waals surface area contributed by atoms with Crippen LogP contribution < -0.4 is 5.73 Å². The fourth-order valence-electron chi connectivity index (χ4n) is 2.83. The van der Waals surface area contributed by atoms with Crippen LogP contribution in [0.5, 0.6) is 0 Å². The fraction of sp³-hybridized carbons (Fsp3) is 0.643. The van der Waals surface area contributed by atoms with Crippen LogP contribution in [0.25, 0.3) is 0 Å². The highest BCUT2D eigenvalue weighted by molar-refractivity contribution is 5.10. The van der Waals surface area contributed by atoms with Gasteiger partial charge in [0, 0.05) is 24.5 Å². The fourth-order valence-corrected chi connectivity index (χ4v) is 2.83. The molecular weight excluding hydrogens is 210 g/mol. The maximum Gasteiger partial charge on any atom is 0.0271 e. The lowest BCUT2D eigenvalue weighted by Crippen LogP contribution is -2.54. The molecule has 2 rings (SSSR count). The molecule has 1 aromatic heterocycles. The first-order valence-electron chi connectivity index (χ1n) is 6.48. The van der Waals surface area contributed by atoms with Crippen LogP contribution in [0, 0.1) is 5.92 Å². The Balaban J connectivity index is 2.10. The van der Waals surface area contributed by atoms with Crippen molar-refractivity contribution in [3.8, 4) is 0 Å². The van der Waals surface area contributed by atoms with Crippen LogP contribution in [0.1, 0.15) is 32.3 Å². The molecule has 17 heavy (non-hydrogen) atoms. The molecule has 1 aliphatic heterocycles. The molecule has 0 amide bonds. The zero-order valence-corrected chi connectivity index (χ0v) is 10.9. The molecule has 0 radical (unpaired) electrons. The van der Waals surface area contributed by atoms with E-state index in [9.17, 15) is 0 Å². The van der Waals surface area contributed by atoms with Gasteiger partial charge in [-0.25, -0.2) is 0 Å². The predicted molar refractivity (Wildman–Crippen MR) is 70.5 cm³/mol. The third-order valence-electron chi connectivity index (χ3n) is 4.20. The number of nitrogens with two attached hydrogens (primary N) is 1. The van der Waals surface area contributed by atoms with E-state index in [-0.39, 0.29) is 5.54 Å². The van der Waals surface area contributed by atoms with Crippen LogP contribution in [-0.2, 0) is 6.54 Å². The van der Waals surface area contributed by atoms with Crippen molar-refractivity contribution < 1.29 is 0 Å². The molecule has 0 aliphatic carbocycles. The number of piperidine rings is 1. The van der Waals surface area contributed by atoms with Crippen LogP contribution >= 0.6 is 0 Å². The lowest BCUT2D eigenvalue weighted by Gasteiger charge is -2.48. The van der Waals surface area contributed by atoms with Gasteiger partial charge in [0.2, 0.25) is 0 Å². The Labute approximate surface area is 104 Å². The minimum Gasteiger partial charge on any atom is -0.330 e. The Kier molecular flexibility index (Phi) is 3.79. The Hall–Kier alpha value is -0.930. The van der Waals surface area contributed by atoms with E-state index in [0.717, 1.165) is 13.1 Å². The van der Waals surface area contributed by atoms with Gasteiger partial charge in [-0.2, -0.15) is 0 Å². The van der Waals surface area contributed by atoms with Gasteiger partial charge < -0.3 is 5.73 Å². The van der Waals surface area contributed by atoms with E-state index in [1.54, 1.807) is 0 Å². The van der Waals surface area contributed by atoms with Crippen molar-refractivity contribution in [2.75, 3.05) is 13.1 Å². The summed E-state index contributed by atoms with van der Waals surface area (Å²) in [6.45, 7) is 7.62. The predicted octanol–water partition coefficient (Wildman–Crippen LogP) is 2.03. The maximum atomic E-state index is 5.90. The summed E-state index contributed by atoms with van der Waals surface area (Å²) in [4.78, 5) is 6.63. The van der Waals surface area contributed by atoms with Crippen molar-refractivity contribution in [2.24, 2.45) is 11.7 Å². The molecule has 1 atom stereocenters. The lowest BCUT2D eigenvalue weighted by atomic mass is 9.79. The van der Waals surface area contributed by atoms with Crippen LogP contribution in [0.4, 0.5) is 0 Å². The highest BCUT2D eigenvalue weighted by Crippen LogP contribution is 2.33.